The Morgan fingerprint density at radius 3 is 1.47 bits per heavy atom. The number of carbonyl (C=O) groups excluding carboxylic acids is 8. The first-order valence-electron chi connectivity index (χ1n) is 38.1. The van der Waals surface area contributed by atoms with Gasteiger partial charge >= 0.3 is 11.9 Å². The molecule has 0 N–H and O–H groups in total. The highest BCUT2D eigenvalue weighted by molar-refractivity contribution is 14.1. The van der Waals surface area contributed by atoms with Gasteiger partial charge in [-0.3, -0.25) is 28.8 Å². The highest BCUT2D eigenvalue weighted by atomic mass is 127. The number of terminal acetylenes is 1. The molecule has 6 amide bonds. The van der Waals surface area contributed by atoms with E-state index in [9.17, 15) is 38.4 Å². The van der Waals surface area contributed by atoms with Gasteiger partial charge in [-0.1, -0.05) is 76.9 Å². The van der Waals surface area contributed by atoms with Crippen LogP contribution in [0.3, 0.4) is 0 Å². The minimum atomic E-state index is -0.832. The quantitative estimate of drug-likeness (QED) is 0.00625. The van der Waals surface area contributed by atoms with Crippen LogP contribution in [-0.4, -0.2) is 155 Å². The summed E-state index contributed by atoms with van der Waals surface area (Å²) in [5, 5.41) is 17.2. The lowest BCUT2D eigenvalue weighted by molar-refractivity contribution is -0.177. The lowest BCUT2D eigenvalue weighted by Crippen LogP contribution is -3.00. The van der Waals surface area contributed by atoms with E-state index in [0.717, 1.165) is 170 Å². The number of fused-ring (bicyclic) bond motifs is 4. The predicted octanol–water partition coefficient (Wildman–Crippen LogP) is 11.6. The van der Waals surface area contributed by atoms with Crippen molar-refractivity contribution in [3.63, 3.8) is 0 Å². The minimum absolute atomic E-state index is 0. The Morgan fingerprint density at radius 2 is 1.03 bits per heavy atom. The number of hydroxylamine groups is 4. The predicted molar refractivity (Wildman–Crippen MR) is 458 cm³/mol. The topological polar surface area (TPSA) is 286 Å². The van der Waals surface area contributed by atoms with E-state index in [-0.39, 0.29) is 80.2 Å². The fourth-order valence-electron chi connectivity index (χ4n) is 13.6. The first-order valence-corrected chi connectivity index (χ1v) is 39.2. The van der Waals surface area contributed by atoms with E-state index >= 15 is 0 Å². The van der Waals surface area contributed by atoms with Crippen LogP contribution in [0.2, 0.25) is 0 Å². The number of anilines is 2. The summed E-state index contributed by atoms with van der Waals surface area (Å²) in [4.78, 5) is 118. The van der Waals surface area contributed by atoms with Gasteiger partial charge < -0.3 is 50.5 Å². The third-order valence-electron chi connectivity index (χ3n) is 19.8. The van der Waals surface area contributed by atoms with Gasteiger partial charge in [-0.05, 0) is 190 Å². The molecule has 0 unspecified atom stereocenters. The van der Waals surface area contributed by atoms with Crippen LogP contribution in [0.1, 0.15) is 140 Å². The van der Waals surface area contributed by atoms with Gasteiger partial charge in [0.1, 0.15) is 58.3 Å². The molecule has 2 aliphatic carbocycles. The van der Waals surface area contributed by atoms with E-state index in [1.165, 1.54) is 12.1 Å². The molecule has 4 heterocycles. The second-order valence-corrected chi connectivity index (χ2v) is 28.0. The van der Waals surface area contributed by atoms with Crippen molar-refractivity contribution in [3.8, 4) is 57.2 Å². The number of hydrogen-bond acceptors (Lipinski definition) is 17. The summed E-state index contributed by atoms with van der Waals surface area (Å²) in [5.41, 5.74) is 21.1. The van der Waals surface area contributed by atoms with E-state index in [1.54, 1.807) is 65.0 Å². The van der Waals surface area contributed by atoms with E-state index in [2.05, 4.69) is 196 Å². The van der Waals surface area contributed by atoms with Crippen LogP contribution in [0.5, 0.6) is 0 Å². The smallest absolute Gasteiger partial charge is 0.363 e. The van der Waals surface area contributed by atoms with Crippen molar-refractivity contribution in [2.45, 2.75) is 102 Å². The summed E-state index contributed by atoms with van der Waals surface area (Å²) in [5.74, 6) is -0.121. The number of azide groups is 1. The summed E-state index contributed by atoms with van der Waals surface area (Å²) in [6, 6.07) is 53.7. The van der Waals surface area contributed by atoms with Gasteiger partial charge in [0.2, 0.25) is 10.7 Å². The Hall–Kier alpha value is -12.2. The van der Waals surface area contributed by atoms with Gasteiger partial charge in [0.15, 0.2) is 0 Å². The van der Waals surface area contributed by atoms with Crippen LogP contribution in [-0.2, 0) is 48.5 Å². The van der Waals surface area contributed by atoms with Crippen LogP contribution in [0.4, 0.5) is 11.4 Å². The Balaban J connectivity index is 0.000000246. The van der Waals surface area contributed by atoms with Crippen molar-refractivity contribution in [1.29, 1.82) is 0 Å². The van der Waals surface area contributed by atoms with Crippen LogP contribution in [0.15, 0.2) is 184 Å². The van der Waals surface area contributed by atoms with Crippen LogP contribution in [0, 0.1) is 16.0 Å². The maximum Gasteiger partial charge on any atom is 0.363 e. The van der Waals surface area contributed by atoms with Crippen molar-refractivity contribution in [2.24, 2.45) is 5.11 Å². The molecular formula is C88H94Cl2IN14O12+. The number of amides is 6. The molecule has 608 valence electrons. The zero-order chi connectivity index (χ0) is 82.7. The molecular weight excluding hydrogens is 1640 g/mol. The van der Waals surface area contributed by atoms with Gasteiger partial charge in [0.25, 0.3) is 35.4 Å². The van der Waals surface area contributed by atoms with Crippen molar-refractivity contribution < 1.29 is 69.3 Å². The zero-order valence-corrected chi connectivity index (χ0v) is 71.2. The van der Waals surface area contributed by atoms with Crippen molar-refractivity contribution >= 4 is 116 Å². The van der Waals surface area contributed by atoms with Crippen molar-refractivity contribution in [1.82, 2.24) is 44.1 Å². The first kappa shape index (κ1) is 90.3. The molecule has 0 radical (unpaired) electrons. The van der Waals surface area contributed by atoms with Gasteiger partial charge in [-0.2, -0.15) is 0 Å². The number of nitrogens with zero attached hydrogens (tertiary/aromatic N) is 14. The van der Waals surface area contributed by atoms with Crippen LogP contribution in [0.25, 0.3) is 77.3 Å². The van der Waals surface area contributed by atoms with Crippen LogP contribution < -0.4 is 42.1 Å². The molecule has 1 fully saturated rings. The number of carbonyl (C=O) groups is 8. The minimum Gasteiger partial charge on any atom is -1.00 e. The molecule has 26 nitrogen and oxygen atoms in total. The summed E-state index contributed by atoms with van der Waals surface area (Å²) in [6.07, 6.45) is 5.59. The van der Waals surface area contributed by atoms with E-state index < -0.39 is 35.6 Å². The first-order chi connectivity index (χ1) is 55.4. The number of halogens is 3. The summed E-state index contributed by atoms with van der Waals surface area (Å²) >= 11 is 2.17. The third-order valence-corrected chi connectivity index (χ3v) is 21.0. The molecule has 0 spiro atoms. The number of imide groups is 2. The van der Waals surface area contributed by atoms with E-state index in [0.29, 0.717) is 33.5 Å². The molecule has 29 heteroatoms. The third kappa shape index (κ3) is 21.3. The highest BCUT2D eigenvalue weighted by Crippen LogP contribution is 2.41. The summed E-state index contributed by atoms with van der Waals surface area (Å²) in [7, 11) is 3.49. The highest BCUT2D eigenvalue weighted by Gasteiger charge is 2.34. The molecule has 3 aliphatic heterocycles. The van der Waals surface area contributed by atoms with Gasteiger partial charge in [-0.15, -0.1) is 34.1 Å². The maximum atomic E-state index is 14.4. The van der Waals surface area contributed by atoms with Crippen molar-refractivity contribution in [2.75, 3.05) is 82.8 Å². The molecule has 5 aliphatic rings. The largest absolute Gasteiger partial charge is 1.00 e. The monoisotopic (exact) mass is 1740 g/mol. The van der Waals surface area contributed by atoms with E-state index in [4.69, 9.17) is 30.5 Å². The molecule has 0 bridgehead atoms. The number of rotatable bonds is 24. The Labute approximate surface area is 705 Å². The Kier molecular flexibility index (Phi) is 32.3. The molecule has 1 aromatic heterocycles. The van der Waals surface area contributed by atoms with E-state index in [1.807, 2.05) is 48.5 Å². The molecule has 6 aromatic carbocycles. The second-order valence-electron chi connectivity index (χ2n) is 27.0. The Morgan fingerprint density at radius 1 is 0.590 bits per heavy atom. The van der Waals surface area contributed by atoms with Gasteiger partial charge in [-0.25, -0.2) is 23.4 Å². The molecule has 12 rings (SSSR count). The maximum absolute atomic E-state index is 14.4. The fraction of sp³-hybridized carbons (Fsp3) is 0.295. The standard InChI is InChI=1S/C44H47IN7O6.C32H36N3O2.C12H10N4O4.2ClH/c1-8-49(9-2)33-21-20-32-22-38-37(23-34(50(10-3)11-4)25-41(38)57-40(32)24-33)35-14-12-13-15-36(35)43(55)48(7)27-39-42(45)51(47-46-39)26-30-16-18-31(19-17-30)44(56)58-52(28(5)53)29(6)54;1-7-18-33(6)32(36)27-15-13-12-14-26(27)28-20-25(35(10-4)11-5)22-31-29(28)19-23-16-17-24(21-30(23)37-31)34(8-2)9-3;13-15-14-7-8-1-3-9(4-2-8)12(19)20-16-10(17)5-6-11(16)18;;/h12-25H,8-11,26-27H2,1-7H3;1,12-17,19-22H,8-11,18H2,2-6H3;1-4H,5-7H2;2*1H/q2*+1;;;/p-1. The number of benzene rings is 8. The lowest BCUT2D eigenvalue weighted by atomic mass is 9.93. The molecule has 1 saturated heterocycles. The van der Waals surface area contributed by atoms with Crippen molar-refractivity contribution in [3.05, 3.63) is 234 Å². The average Bonchev–Trinajstić information content (AvgIpc) is 1.33. The molecule has 117 heavy (non-hydrogen) atoms. The normalized spacial score (nSPS) is 11.4. The van der Waals surface area contributed by atoms with Gasteiger partial charge in [0.05, 0.1) is 49.4 Å². The summed E-state index contributed by atoms with van der Waals surface area (Å²) in [6.45, 7) is 27.4. The lowest BCUT2D eigenvalue weighted by Gasteiger charge is -2.24. The summed E-state index contributed by atoms with van der Waals surface area (Å²) < 4.78 is 20.3. The van der Waals surface area contributed by atoms with Crippen LogP contribution >= 0.6 is 35.0 Å². The zero-order valence-electron chi connectivity index (χ0n) is 67.5. The average molecular weight is 1740 g/mol. The van der Waals surface area contributed by atoms with Gasteiger partial charge in [0, 0.05) is 141 Å². The molecule has 0 atom stereocenters. The molecule has 0 saturated carbocycles. The Bertz CT molecular complexity index is 5630. The SMILES string of the molecule is C#CCN(C)C(=O)c1ccccc1-c1cc(N(CC)CC)cc2oc3cc(=[N+](CC)CC)ccc-3cc12.CCN(CC)c1cc(-c2ccccc2C(=O)N(C)Cc2nnn(Cc3ccc(C(=O)ON(C(C)=O)C(C)=O)cc3)c2I)c2cc3ccc(=[N+](CC)CC)cc-3oc2c1.Cl.[Cl-].[N-]=[N+]=NCc1ccc(C(=O)ON2C(=O)CCC2=O)cc1. The fourth-order valence-corrected chi connectivity index (χ4v) is 14.1. The molecule has 7 aromatic rings. The number of aromatic nitrogens is 3. The second kappa shape index (κ2) is 41.9. The number of hydrogen-bond donors (Lipinski definition) is 0.